The Labute approximate surface area is 266 Å². The van der Waals surface area contributed by atoms with E-state index in [0.29, 0.717) is 35.6 Å². The fraction of sp³-hybridized carbons (Fsp3) is 0.237. The van der Waals surface area contributed by atoms with Crippen molar-refractivity contribution in [1.29, 1.82) is 0 Å². The van der Waals surface area contributed by atoms with Crippen molar-refractivity contribution in [2.24, 2.45) is 0 Å². The first-order chi connectivity index (χ1) is 21.6. The zero-order valence-electron chi connectivity index (χ0n) is 26.6. The summed E-state index contributed by atoms with van der Waals surface area (Å²) < 4.78 is 7.03. The fourth-order valence-electron chi connectivity index (χ4n) is 5.22. The van der Waals surface area contributed by atoms with Gasteiger partial charge in [0.05, 0.1) is 35.7 Å². The van der Waals surface area contributed by atoms with Crippen molar-refractivity contribution in [1.82, 2.24) is 14.5 Å². The summed E-state index contributed by atoms with van der Waals surface area (Å²) in [6.07, 6.45) is 0.214. The van der Waals surface area contributed by atoms with E-state index in [1.165, 1.54) is 0 Å². The van der Waals surface area contributed by atoms with E-state index in [9.17, 15) is 9.59 Å². The van der Waals surface area contributed by atoms with Crippen molar-refractivity contribution < 1.29 is 9.53 Å². The molecule has 6 nitrogen and oxygen atoms in total. The number of carbonyl (C=O) groups is 1. The van der Waals surface area contributed by atoms with Crippen molar-refractivity contribution in [2.45, 2.75) is 39.0 Å². The first-order valence-corrected chi connectivity index (χ1v) is 18.7. The van der Waals surface area contributed by atoms with Crippen molar-refractivity contribution in [3.63, 3.8) is 0 Å². The van der Waals surface area contributed by atoms with Crippen LogP contribution in [0, 0.1) is 11.5 Å². The van der Waals surface area contributed by atoms with Crippen molar-refractivity contribution in [3.8, 4) is 28.3 Å². The van der Waals surface area contributed by atoms with Gasteiger partial charge in [-0.25, -0.2) is 4.98 Å². The highest BCUT2D eigenvalue weighted by Crippen LogP contribution is 2.25. The highest BCUT2D eigenvalue weighted by Gasteiger charge is 2.27. The van der Waals surface area contributed by atoms with Gasteiger partial charge in [0.15, 0.2) is 0 Å². The molecule has 0 aliphatic rings. The summed E-state index contributed by atoms with van der Waals surface area (Å²) in [5.41, 5.74) is 8.51. The van der Waals surface area contributed by atoms with Crippen LogP contribution in [0.3, 0.4) is 0 Å². The highest BCUT2D eigenvalue weighted by atomic mass is 28.3. The topological polar surface area (TPSA) is 64.4 Å². The first-order valence-electron chi connectivity index (χ1n) is 15.2. The molecule has 0 saturated carbocycles. The summed E-state index contributed by atoms with van der Waals surface area (Å²) in [6.45, 7) is 9.25. The number of carbonyl (C=O) groups excluding carboxylic acids is 1. The second kappa shape index (κ2) is 13.9. The van der Waals surface area contributed by atoms with E-state index < -0.39 is 14.1 Å². The van der Waals surface area contributed by atoms with Crippen LogP contribution in [0.4, 0.5) is 0 Å². The summed E-state index contributed by atoms with van der Waals surface area (Å²) in [7, 11) is 0.0811. The van der Waals surface area contributed by atoms with Crippen LogP contribution in [0.15, 0.2) is 108 Å². The smallest absolute Gasteiger partial charge is 0.266 e. The molecule has 1 heterocycles. The number of aromatic nitrogens is 2. The molecule has 0 spiro atoms. The molecule has 0 aliphatic heterocycles. The molecular formula is C38H39N3O3Si. The quantitative estimate of drug-likeness (QED) is 0.132. The average Bonchev–Trinajstić information content (AvgIpc) is 3.04. The molecule has 5 rings (SSSR count). The minimum absolute atomic E-state index is 0.0714. The van der Waals surface area contributed by atoms with E-state index in [1.54, 1.807) is 22.6 Å². The predicted octanol–water partition coefficient (Wildman–Crippen LogP) is 7.06. The first kappa shape index (κ1) is 31.6. The maximum absolute atomic E-state index is 14.0. The molecule has 1 aromatic heterocycles. The molecule has 1 atom stereocenters. The third-order valence-electron chi connectivity index (χ3n) is 7.62. The van der Waals surface area contributed by atoms with Crippen LogP contribution in [0.1, 0.15) is 29.9 Å². The Balaban J connectivity index is 1.51. The molecule has 0 fully saturated rings. The Hall–Kier alpha value is -4.77. The van der Waals surface area contributed by atoms with Gasteiger partial charge in [-0.15, -0.1) is 5.54 Å². The zero-order valence-corrected chi connectivity index (χ0v) is 27.6. The minimum atomic E-state index is -1.54. The van der Waals surface area contributed by atoms with E-state index in [1.807, 2.05) is 91.9 Å². The summed E-state index contributed by atoms with van der Waals surface area (Å²) in [6, 6.07) is 32.7. The van der Waals surface area contributed by atoms with Gasteiger partial charge in [0.2, 0.25) is 5.91 Å². The number of rotatable bonds is 9. The number of hydrogen-bond acceptors (Lipinski definition) is 4. The molecule has 7 heteroatoms. The van der Waals surface area contributed by atoms with Crippen LogP contribution in [-0.4, -0.2) is 48.7 Å². The molecular weight excluding hydrogens is 575 g/mol. The molecule has 0 saturated heterocycles. The number of nitrogens with zero attached hydrogens (tertiary/aromatic N) is 3. The Morgan fingerprint density at radius 3 is 2.20 bits per heavy atom. The van der Waals surface area contributed by atoms with Crippen LogP contribution in [0.2, 0.25) is 19.6 Å². The van der Waals surface area contributed by atoms with Crippen LogP contribution in [0.25, 0.3) is 27.7 Å². The summed E-state index contributed by atoms with van der Waals surface area (Å²) in [5, 5.41) is 0.518. The van der Waals surface area contributed by atoms with Crippen LogP contribution in [-0.2, 0) is 16.0 Å². The van der Waals surface area contributed by atoms with Gasteiger partial charge in [0.1, 0.15) is 13.9 Å². The van der Waals surface area contributed by atoms with Crippen molar-refractivity contribution >= 4 is 24.9 Å². The maximum Gasteiger partial charge on any atom is 0.266 e. The second-order valence-corrected chi connectivity index (χ2v) is 16.9. The van der Waals surface area contributed by atoms with E-state index in [0.717, 1.165) is 22.3 Å². The Morgan fingerprint density at radius 1 is 0.889 bits per heavy atom. The standard InChI is InChI=1S/C38H39N3O3Si/c1-28(40(24-25-44-2)36(42)27-30-15-19-32(20-16-30)31-11-7-6-8-12-31)37-39-35-14-10-9-13-34(35)38(43)41(37)33-21-17-29(18-22-33)23-26-45(3,4)5/h6-22,28H,24-25,27H2,1-5H3. The van der Waals surface area contributed by atoms with E-state index in [4.69, 9.17) is 9.72 Å². The Kier molecular flexibility index (Phi) is 9.77. The SMILES string of the molecule is COCCN(C(=O)Cc1ccc(-c2ccccc2)cc1)C(C)c1nc2ccccc2c(=O)n1-c1ccc(C#C[Si](C)(C)C)cc1. The van der Waals surface area contributed by atoms with Crippen LogP contribution >= 0.6 is 0 Å². The van der Waals surface area contributed by atoms with E-state index in [2.05, 4.69) is 43.2 Å². The second-order valence-electron chi connectivity index (χ2n) is 12.2. The predicted molar refractivity (Wildman–Crippen MR) is 185 cm³/mol. The Bertz CT molecular complexity index is 1900. The van der Waals surface area contributed by atoms with Gasteiger partial charge in [-0.05, 0) is 60.0 Å². The maximum atomic E-state index is 14.0. The zero-order chi connectivity index (χ0) is 32.0. The van der Waals surface area contributed by atoms with Crippen LogP contribution < -0.4 is 5.56 Å². The summed E-state index contributed by atoms with van der Waals surface area (Å²) in [4.78, 5) is 34.7. The van der Waals surface area contributed by atoms with Gasteiger partial charge < -0.3 is 9.64 Å². The normalized spacial score (nSPS) is 11.9. The van der Waals surface area contributed by atoms with Gasteiger partial charge in [-0.2, -0.15) is 0 Å². The Morgan fingerprint density at radius 2 is 1.53 bits per heavy atom. The highest BCUT2D eigenvalue weighted by molar-refractivity contribution is 6.83. The third-order valence-corrected chi connectivity index (χ3v) is 8.50. The molecule has 0 bridgehead atoms. The number of benzene rings is 4. The number of ether oxygens (including phenoxy) is 1. The molecule has 45 heavy (non-hydrogen) atoms. The molecule has 1 amide bonds. The molecule has 0 N–H and O–H groups in total. The van der Waals surface area contributed by atoms with E-state index in [-0.39, 0.29) is 17.9 Å². The molecule has 0 radical (unpaired) electrons. The van der Waals surface area contributed by atoms with E-state index >= 15 is 0 Å². The lowest BCUT2D eigenvalue weighted by Gasteiger charge is -2.30. The monoisotopic (exact) mass is 613 g/mol. The summed E-state index contributed by atoms with van der Waals surface area (Å²) >= 11 is 0. The number of amides is 1. The molecule has 4 aromatic carbocycles. The van der Waals surface area contributed by atoms with Gasteiger partial charge in [-0.3, -0.25) is 14.2 Å². The number of fused-ring (bicyclic) bond motifs is 1. The lowest BCUT2D eigenvalue weighted by molar-refractivity contribution is -0.133. The van der Waals surface area contributed by atoms with Gasteiger partial charge in [0, 0.05) is 19.2 Å². The molecule has 0 aliphatic carbocycles. The van der Waals surface area contributed by atoms with Crippen molar-refractivity contribution in [3.05, 3.63) is 130 Å². The molecule has 5 aromatic rings. The number of para-hydroxylation sites is 1. The van der Waals surface area contributed by atoms with Gasteiger partial charge >= 0.3 is 0 Å². The van der Waals surface area contributed by atoms with Crippen LogP contribution in [0.5, 0.6) is 0 Å². The fourth-order valence-corrected chi connectivity index (χ4v) is 5.74. The number of hydrogen-bond donors (Lipinski definition) is 0. The van der Waals surface area contributed by atoms with Crippen molar-refractivity contribution in [2.75, 3.05) is 20.3 Å². The number of methoxy groups -OCH3 is 1. The molecule has 228 valence electrons. The molecule has 1 unspecified atom stereocenters. The average molecular weight is 614 g/mol. The van der Waals surface area contributed by atoms with Gasteiger partial charge in [-0.1, -0.05) is 92.3 Å². The van der Waals surface area contributed by atoms with Gasteiger partial charge in [0.25, 0.3) is 5.56 Å². The summed E-state index contributed by atoms with van der Waals surface area (Å²) in [5.74, 6) is 3.70. The lowest BCUT2D eigenvalue weighted by atomic mass is 10.0. The lowest BCUT2D eigenvalue weighted by Crippen LogP contribution is -2.40. The largest absolute Gasteiger partial charge is 0.383 e. The third kappa shape index (κ3) is 7.66. The minimum Gasteiger partial charge on any atom is -0.383 e.